The van der Waals surface area contributed by atoms with Gasteiger partial charge in [0, 0.05) is 12.1 Å². The van der Waals surface area contributed by atoms with E-state index in [9.17, 15) is 0 Å². The number of nitrogens with two attached hydrogens (primary N) is 1. The number of nitrogen functional groups attached to an aromatic ring is 1. The highest BCUT2D eigenvalue weighted by molar-refractivity contribution is 6.33. The van der Waals surface area contributed by atoms with Crippen molar-refractivity contribution in [2.75, 3.05) is 5.73 Å². The molecule has 21 heavy (non-hydrogen) atoms. The Balaban J connectivity index is 1.65. The van der Waals surface area contributed by atoms with Crippen LogP contribution in [0, 0.1) is 17.8 Å². The average Bonchev–Trinajstić information content (AvgIpc) is 3.39. The summed E-state index contributed by atoms with van der Waals surface area (Å²) >= 11 is 6.11. The Kier molecular flexibility index (Phi) is 3.10. The van der Waals surface area contributed by atoms with Gasteiger partial charge in [0.05, 0.1) is 10.7 Å². The molecule has 0 unspecified atom stereocenters. The number of anilines is 1. The fourth-order valence-electron chi connectivity index (χ4n) is 3.18. The molecule has 0 atom stereocenters. The second-order valence-electron chi connectivity index (χ2n) is 6.22. The second kappa shape index (κ2) is 4.98. The normalized spacial score (nSPS) is 18.4. The lowest BCUT2D eigenvalue weighted by Crippen LogP contribution is -2.17. The molecular formula is C15H18ClN5. The third-order valence-electron chi connectivity index (χ3n) is 4.66. The predicted octanol–water partition coefficient (Wildman–Crippen LogP) is 3.01. The van der Waals surface area contributed by atoms with E-state index in [0.29, 0.717) is 16.6 Å². The van der Waals surface area contributed by atoms with E-state index in [1.54, 1.807) is 6.07 Å². The molecule has 2 aliphatic rings. The van der Waals surface area contributed by atoms with Gasteiger partial charge in [-0.3, -0.25) is 0 Å². The van der Waals surface area contributed by atoms with Gasteiger partial charge in [-0.15, -0.1) is 5.10 Å². The largest absolute Gasteiger partial charge is 0.397 e. The zero-order valence-electron chi connectivity index (χ0n) is 11.7. The monoisotopic (exact) mass is 303 g/mol. The summed E-state index contributed by atoms with van der Waals surface area (Å²) in [5, 5.41) is 12.7. The summed E-state index contributed by atoms with van der Waals surface area (Å²) in [5.41, 5.74) is 7.44. The maximum atomic E-state index is 6.11. The van der Waals surface area contributed by atoms with Gasteiger partial charge in [-0.05, 0) is 66.0 Å². The average molecular weight is 304 g/mol. The van der Waals surface area contributed by atoms with Gasteiger partial charge in [0.1, 0.15) is 0 Å². The zero-order valence-corrected chi connectivity index (χ0v) is 12.5. The topological polar surface area (TPSA) is 69.6 Å². The minimum Gasteiger partial charge on any atom is -0.397 e. The van der Waals surface area contributed by atoms with Crippen molar-refractivity contribution in [1.82, 2.24) is 20.2 Å². The first kappa shape index (κ1) is 13.1. The molecule has 4 rings (SSSR count). The first-order valence-corrected chi connectivity index (χ1v) is 7.92. The number of rotatable bonds is 5. The van der Waals surface area contributed by atoms with Crippen LogP contribution in [0.1, 0.15) is 25.7 Å². The molecule has 2 N–H and O–H groups in total. The highest BCUT2D eigenvalue weighted by atomic mass is 35.5. The predicted molar refractivity (Wildman–Crippen MR) is 81.6 cm³/mol. The maximum absolute atomic E-state index is 6.11. The van der Waals surface area contributed by atoms with E-state index in [2.05, 4.69) is 15.5 Å². The molecule has 1 heterocycles. The van der Waals surface area contributed by atoms with Crippen LogP contribution in [-0.2, 0) is 6.54 Å². The molecule has 110 valence electrons. The fourth-order valence-corrected chi connectivity index (χ4v) is 3.36. The fraction of sp³-hybridized carbons (Fsp3) is 0.533. The van der Waals surface area contributed by atoms with Gasteiger partial charge in [0.15, 0.2) is 5.82 Å². The van der Waals surface area contributed by atoms with E-state index in [4.69, 9.17) is 17.3 Å². The second-order valence-corrected chi connectivity index (χ2v) is 6.63. The van der Waals surface area contributed by atoms with Crippen LogP contribution >= 0.6 is 11.6 Å². The summed E-state index contributed by atoms with van der Waals surface area (Å²) in [6.07, 6.45) is 5.44. The number of benzene rings is 1. The molecule has 0 amide bonds. The van der Waals surface area contributed by atoms with Crippen LogP contribution in [0.3, 0.4) is 0 Å². The molecule has 0 saturated heterocycles. The summed E-state index contributed by atoms with van der Waals surface area (Å²) in [5.74, 6) is 3.17. The van der Waals surface area contributed by atoms with Crippen molar-refractivity contribution in [1.29, 1.82) is 0 Å². The van der Waals surface area contributed by atoms with Crippen LogP contribution in [0.4, 0.5) is 5.69 Å². The first-order valence-electron chi connectivity index (χ1n) is 7.54. The lowest BCUT2D eigenvalue weighted by molar-refractivity contribution is 0.331. The number of para-hydroxylation sites is 1. The molecule has 1 aromatic carbocycles. The van der Waals surface area contributed by atoms with E-state index in [-0.39, 0.29) is 0 Å². The molecule has 0 radical (unpaired) electrons. The van der Waals surface area contributed by atoms with Gasteiger partial charge < -0.3 is 5.73 Å². The molecule has 1 aromatic heterocycles. The van der Waals surface area contributed by atoms with Gasteiger partial charge in [-0.1, -0.05) is 17.7 Å². The molecule has 0 bridgehead atoms. The molecule has 0 aliphatic heterocycles. The Morgan fingerprint density at radius 3 is 2.62 bits per heavy atom. The highest BCUT2D eigenvalue weighted by Gasteiger charge is 2.42. The van der Waals surface area contributed by atoms with Crippen LogP contribution in [0.15, 0.2) is 18.2 Å². The number of halogens is 1. The van der Waals surface area contributed by atoms with Gasteiger partial charge in [-0.2, -0.15) is 0 Å². The van der Waals surface area contributed by atoms with Crippen molar-refractivity contribution in [2.24, 2.45) is 17.8 Å². The number of nitrogens with zero attached hydrogens (tertiary/aromatic N) is 4. The number of hydrogen-bond acceptors (Lipinski definition) is 4. The van der Waals surface area contributed by atoms with Crippen molar-refractivity contribution in [3.05, 3.63) is 23.2 Å². The molecule has 5 nitrogen and oxygen atoms in total. The van der Waals surface area contributed by atoms with Gasteiger partial charge in [0.2, 0.25) is 0 Å². The van der Waals surface area contributed by atoms with Gasteiger partial charge in [-0.25, -0.2) is 4.68 Å². The van der Waals surface area contributed by atoms with Crippen LogP contribution in [0.2, 0.25) is 5.02 Å². The minimum absolute atomic E-state index is 0.544. The molecule has 2 aromatic rings. The smallest absolute Gasteiger partial charge is 0.184 e. The third kappa shape index (κ3) is 2.50. The summed E-state index contributed by atoms with van der Waals surface area (Å²) < 4.78 is 1.91. The minimum atomic E-state index is 0.544. The van der Waals surface area contributed by atoms with E-state index >= 15 is 0 Å². The van der Waals surface area contributed by atoms with E-state index < -0.39 is 0 Å². The molecular weight excluding hydrogens is 286 g/mol. The van der Waals surface area contributed by atoms with Gasteiger partial charge >= 0.3 is 0 Å². The quantitative estimate of drug-likeness (QED) is 0.862. The molecule has 2 fully saturated rings. The Labute approximate surface area is 128 Å². The first-order chi connectivity index (χ1) is 10.2. The van der Waals surface area contributed by atoms with Crippen LogP contribution in [0.5, 0.6) is 0 Å². The summed E-state index contributed by atoms with van der Waals surface area (Å²) in [4.78, 5) is 0. The van der Waals surface area contributed by atoms with Crippen molar-refractivity contribution >= 4 is 17.3 Å². The number of aromatic nitrogens is 4. The summed E-state index contributed by atoms with van der Waals surface area (Å²) in [7, 11) is 0. The van der Waals surface area contributed by atoms with E-state index in [1.165, 1.54) is 25.7 Å². The Hall–Kier alpha value is -1.62. The van der Waals surface area contributed by atoms with Crippen molar-refractivity contribution < 1.29 is 0 Å². The van der Waals surface area contributed by atoms with Crippen molar-refractivity contribution in [3.8, 4) is 11.4 Å². The Morgan fingerprint density at radius 2 is 1.95 bits per heavy atom. The van der Waals surface area contributed by atoms with Crippen molar-refractivity contribution in [2.45, 2.75) is 32.2 Å². The highest BCUT2D eigenvalue weighted by Crippen LogP contribution is 2.50. The number of tetrazole rings is 1. The van der Waals surface area contributed by atoms with E-state index in [1.807, 2.05) is 16.8 Å². The third-order valence-corrected chi connectivity index (χ3v) is 4.99. The lowest BCUT2D eigenvalue weighted by Gasteiger charge is -2.16. The van der Waals surface area contributed by atoms with Crippen LogP contribution < -0.4 is 5.73 Å². The summed E-state index contributed by atoms with van der Waals surface area (Å²) in [6.45, 7) is 0.892. The SMILES string of the molecule is Nc1c(Cl)cccc1-c1nnnn1CC(C1CC1)C1CC1. The Morgan fingerprint density at radius 1 is 1.24 bits per heavy atom. The van der Waals surface area contributed by atoms with E-state index in [0.717, 1.165) is 29.8 Å². The Bertz CT molecular complexity index is 648. The van der Waals surface area contributed by atoms with Gasteiger partial charge in [0.25, 0.3) is 0 Å². The molecule has 2 saturated carbocycles. The summed E-state index contributed by atoms with van der Waals surface area (Å²) in [6, 6.07) is 5.59. The molecule has 0 spiro atoms. The maximum Gasteiger partial charge on any atom is 0.184 e. The lowest BCUT2D eigenvalue weighted by atomic mass is 9.98. The number of hydrogen-bond donors (Lipinski definition) is 1. The van der Waals surface area contributed by atoms with Crippen molar-refractivity contribution in [3.63, 3.8) is 0 Å². The molecule has 6 heteroatoms. The standard InChI is InChI=1S/C15H18ClN5/c16-13-3-1-2-11(14(13)17)15-18-19-20-21(15)8-12(9-4-5-9)10-6-7-10/h1-3,9-10,12H,4-8,17H2. The molecule has 2 aliphatic carbocycles. The van der Waals surface area contributed by atoms with Crippen LogP contribution in [-0.4, -0.2) is 20.2 Å². The zero-order chi connectivity index (χ0) is 14.4. The van der Waals surface area contributed by atoms with Crippen LogP contribution in [0.25, 0.3) is 11.4 Å².